The van der Waals surface area contributed by atoms with E-state index in [0.717, 1.165) is 51.2 Å². The highest BCUT2D eigenvalue weighted by Gasteiger charge is 2.22. The summed E-state index contributed by atoms with van der Waals surface area (Å²) in [5, 5.41) is 6.21. The molecule has 1 fully saturated rings. The van der Waals surface area contributed by atoms with Crippen molar-refractivity contribution in [3.8, 4) is 5.75 Å². The summed E-state index contributed by atoms with van der Waals surface area (Å²) >= 11 is 0. The summed E-state index contributed by atoms with van der Waals surface area (Å²) in [7, 11) is 1.67. The highest BCUT2D eigenvalue weighted by Crippen LogP contribution is 2.17. The number of benzene rings is 1. The van der Waals surface area contributed by atoms with Crippen molar-refractivity contribution >= 4 is 11.9 Å². The molecule has 7 heteroatoms. The van der Waals surface area contributed by atoms with E-state index in [0.29, 0.717) is 18.4 Å². The van der Waals surface area contributed by atoms with Crippen LogP contribution in [0.1, 0.15) is 39.2 Å². The minimum atomic E-state index is -0.179. The number of hydrogen-bond acceptors (Lipinski definition) is 4. The van der Waals surface area contributed by atoms with E-state index in [-0.39, 0.29) is 11.4 Å². The standard InChI is InChI=1S/C22H37N5O2/c1-22(2,3)26-20(28)16-27-13-10-18(11-14-27)15-25-21(23)24-12-9-17-5-7-19(29-4)8-6-17/h5-8,18H,9-16H2,1-4H3,(H,26,28)(H3,23,24,25). The van der Waals surface area contributed by atoms with Crippen LogP contribution in [0.3, 0.4) is 0 Å². The molecule has 1 aliphatic heterocycles. The first-order chi connectivity index (χ1) is 13.7. The molecule has 2 rings (SSSR count). The van der Waals surface area contributed by atoms with Gasteiger partial charge in [-0.05, 0) is 76.7 Å². The van der Waals surface area contributed by atoms with Gasteiger partial charge in [0.25, 0.3) is 0 Å². The van der Waals surface area contributed by atoms with Gasteiger partial charge in [-0.25, -0.2) is 0 Å². The summed E-state index contributed by atoms with van der Waals surface area (Å²) in [6.07, 6.45) is 2.98. The Morgan fingerprint density at radius 3 is 2.48 bits per heavy atom. The van der Waals surface area contributed by atoms with E-state index in [9.17, 15) is 4.79 Å². The first kappa shape index (κ1) is 23.0. The molecule has 0 bridgehead atoms. The summed E-state index contributed by atoms with van der Waals surface area (Å²) in [5.74, 6) is 1.99. The molecule has 0 saturated carbocycles. The predicted octanol–water partition coefficient (Wildman–Crippen LogP) is 1.77. The Morgan fingerprint density at radius 1 is 1.24 bits per heavy atom. The molecular weight excluding hydrogens is 366 g/mol. The number of carbonyl (C=O) groups excluding carboxylic acids is 1. The van der Waals surface area contributed by atoms with Crippen LogP contribution in [0.4, 0.5) is 0 Å². The third kappa shape index (κ3) is 9.17. The average Bonchev–Trinajstić information content (AvgIpc) is 2.66. The second-order valence-corrected chi connectivity index (χ2v) is 8.77. The normalized spacial score (nSPS) is 16.5. The van der Waals surface area contributed by atoms with Crippen LogP contribution in [-0.2, 0) is 11.2 Å². The van der Waals surface area contributed by atoms with Crippen LogP contribution in [0.5, 0.6) is 5.75 Å². The molecule has 7 nitrogen and oxygen atoms in total. The summed E-state index contributed by atoms with van der Waals surface area (Å²) in [4.78, 5) is 18.8. The van der Waals surface area contributed by atoms with Gasteiger partial charge in [-0.3, -0.25) is 14.7 Å². The minimum Gasteiger partial charge on any atom is -0.497 e. The largest absolute Gasteiger partial charge is 0.497 e. The van der Waals surface area contributed by atoms with Gasteiger partial charge < -0.3 is 21.1 Å². The molecule has 1 aliphatic rings. The van der Waals surface area contributed by atoms with Crippen molar-refractivity contribution in [1.82, 2.24) is 15.5 Å². The number of aliphatic imine (C=N–C) groups is 1. The molecule has 1 saturated heterocycles. The van der Waals surface area contributed by atoms with Crippen molar-refractivity contribution in [3.63, 3.8) is 0 Å². The molecule has 1 aromatic rings. The summed E-state index contributed by atoms with van der Waals surface area (Å²) in [6.45, 7) is 9.85. The number of amides is 1. The SMILES string of the molecule is COc1ccc(CCNC(N)=NCC2CCN(CC(=O)NC(C)(C)C)CC2)cc1. The molecule has 1 aromatic carbocycles. The van der Waals surface area contributed by atoms with Gasteiger partial charge in [-0.1, -0.05) is 12.1 Å². The maximum Gasteiger partial charge on any atom is 0.234 e. The third-order valence-electron chi connectivity index (χ3n) is 4.99. The number of nitrogens with zero attached hydrogens (tertiary/aromatic N) is 2. The van der Waals surface area contributed by atoms with E-state index in [1.807, 2.05) is 32.9 Å². The number of rotatable bonds is 8. The molecule has 0 unspecified atom stereocenters. The van der Waals surface area contributed by atoms with Gasteiger partial charge in [0.2, 0.25) is 5.91 Å². The molecule has 29 heavy (non-hydrogen) atoms. The Labute approximate surface area is 175 Å². The number of piperidine rings is 1. The molecule has 0 radical (unpaired) electrons. The average molecular weight is 404 g/mol. The smallest absolute Gasteiger partial charge is 0.234 e. The molecule has 1 heterocycles. The molecule has 0 aromatic heterocycles. The van der Waals surface area contributed by atoms with Crippen molar-refractivity contribution < 1.29 is 9.53 Å². The predicted molar refractivity (Wildman–Crippen MR) is 118 cm³/mol. The van der Waals surface area contributed by atoms with Crippen molar-refractivity contribution in [2.75, 3.05) is 39.8 Å². The first-order valence-corrected chi connectivity index (χ1v) is 10.5. The van der Waals surface area contributed by atoms with Crippen LogP contribution < -0.4 is 21.1 Å². The monoisotopic (exact) mass is 403 g/mol. The van der Waals surface area contributed by atoms with Gasteiger partial charge in [0.15, 0.2) is 5.96 Å². The number of methoxy groups -OCH3 is 1. The lowest BCUT2D eigenvalue weighted by Gasteiger charge is -2.31. The zero-order valence-electron chi connectivity index (χ0n) is 18.3. The number of ether oxygens (including phenoxy) is 1. The van der Waals surface area contributed by atoms with E-state index >= 15 is 0 Å². The van der Waals surface area contributed by atoms with Crippen LogP contribution in [0, 0.1) is 5.92 Å². The van der Waals surface area contributed by atoms with Crippen LogP contribution >= 0.6 is 0 Å². The van der Waals surface area contributed by atoms with Crippen LogP contribution in [0.15, 0.2) is 29.3 Å². The van der Waals surface area contributed by atoms with Crippen LogP contribution in [0.25, 0.3) is 0 Å². The molecule has 162 valence electrons. The first-order valence-electron chi connectivity index (χ1n) is 10.5. The summed E-state index contributed by atoms with van der Waals surface area (Å²) in [6, 6.07) is 8.05. The molecule has 0 aliphatic carbocycles. The van der Waals surface area contributed by atoms with Crippen molar-refractivity contribution in [3.05, 3.63) is 29.8 Å². The number of nitrogens with one attached hydrogen (secondary N) is 2. The highest BCUT2D eigenvalue weighted by molar-refractivity contribution is 5.78. The maximum atomic E-state index is 12.1. The lowest BCUT2D eigenvalue weighted by molar-refractivity contribution is -0.124. The Bertz CT molecular complexity index is 659. The fourth-order valence-electron chi connectivity index (χ4n) is 3.40. The van der Waals surface area contributed by atoms with Crippen molar-refractivity contribution in [1.29, 1.82) is 0 Å². The number of carbonyl (C=O) groups is 1. The molecule has 4 N–H and O–H groups in total. The number of guanidine groups is 1. The zero-order valence-corrected chi connectivity index (χ0v) is 18.3. The van der Waals surface area contributed by atoms with Crippen LogP contribution in [0.2, 0.25) is 0 Å². The number of nitrogens with two attached hydrogens (primary N) is 1. The van der Waals surface area contributed by atoms with Gasteiger partial charge in [-0.15, -0.1) is 0 Å². The van der Waals surface area contributed by atoms with Crippen LogP contribution in [-0.4, -0.2) is 62.1 Å². The van der Waals surface area contributed by atoms with Crippen molar-refractivity contribution in [2.24, 2.45) is 16.6 Å². The van der Waals surface area contributed by atoms with E-state index < -0.39 is 0 Å². The fourth-order valence-corrected chi connectivity index (χ4v) is 3.40. The molecule has 1 amide bonds. The zero-order chi connectivity index (χ0) is 21.3. The third-order valence-corrected chi connectivity index (χ3v) is 4.99. The van der Waals surface area contributed by atoms with Gasteiger partial charge in [0, 0.05) is 18.6 Å². The van der Waals surface area contributed by atoms with E-state index in [1.54, 1.807) is 7.11 Å². The van der Waals surface area contributed by atoms with Gasteiger partial charge in [0.1, 0.15) is 5.75 Å². The number of hydrogen-bond donors (Lipinski definition) is 3. The van der Waals surface area contributed by atoms with Gasteiger partial charge in [0.05, 0.1) is 13.7 Å². The van der Waals surface area contributed by atoms with E-state index in [4.69, 9.17) is 10.5 Å². The second kappa shape index (κ2) is 11.0. The summed E-state index contributed by atoms with van der Waals surface area (Å²) < 4.78 is 5.17. The lowest BCUT2D eigenvalue weighted by atomic mass is 9.97. The Balaban J connectivity index is 1.62. The van der Waals surface area contributed by atoms with E-state index in [1.165, 1.54) is 5.56 Å². The molecule has 0 atom stereocenters. The summed E-state index contributed by atoms with van der Waals surface area (Å²) in [5.41, 5.74) is 7.06. The maximum absolute atomic E-state index is 12.1. The number of likely N-dealkylation sites (tertiary alicyclic amines) is 1. The Hall–Kier alpha value is -2.28. The Morgan fingerprint density at radius 2 is 1.90 bits per heavy atom. The molecular formula is C22H37N5O2. The molecule has 0 spiro atoms. The second-order valence-electron chi connectivity index (χ2n) is 8.77. The van der Waals surface area contributed by atoms with Crippen molar-refractivity contribution in [2.45, 2.75) is 45.6 Å². The van der Waals surface area contributed by atoms with Gasteiger partial charge in [-0.2, -0.15) is 0 Å². The fraction of sp³-hybridized carbons (Fsp3) is 0.636. The Kier molecular flexibility index (Phi) is 8.76. The van der Waals surface area contributed by atoms with E-state index in [2.05, 4.69) is 32.7 Å². The van der Waals surface area contributed by atoms with Gasteiger partial charge >= 0.3 is 0 Å². The topological polar surface area (TPSA) is 92.0 Å². The lowest BCUT2D eigenvalue weighted by Crippen LogP contribution is -2.47. The quantitative estimate of drug-likeness (QED) is 0.454. The highest BCUT2D eigenvalue weighted by atomic mass is 16.5. The minimum absolute atomic E-state index is 0.0966.